The Morgan fingerprint density at radius 2 is 2.00 bits per heavy atom. The van der Waals surface area contributed by atoms with Crippen LogP contribution in [0.5, 0.6) is 5.75 Å². The second-order valence-electron chi connectivity index (χ2n) is 8.14. The summed E-state index contributed by atoms with van der Waals surface area (Å²) in [4.78, 5) is 25.9. The monoisotopic (exact) mass is 467 g/mol. The summed E-state index contributed by atoms with van der Waals surface area (Å²) in [6, 6.07) is 1.38. The molecule has 3 fully saturated rings. The van der Waals surface area contributed by atoms with Crippen molar-refractivity contribution >= 4 is 39.5 Å². The summed E-state index contributed by atoms with van der Waals surface area (Å²) in [7, 11) is 0. The highest BCUT2D eigenvalue weighted by molar-refractivity contribution is 8.93. The molecular formula is C20H23BrFN3O4. The average Bonchev–Trinajstić information content (AvgIpc) is 3.41. The van der Waals surface area contributed by atoms with Gasteiger partial charge in [-0.1, -0.05) is 0 Å². The highest BCUT2D eigenvalue weighted by Crippen LogP contribution is 2.44. The van der Waals surface area contributed by atoms with Gasteiger partial charge in [-0.05, 0) is 44.2 Å². The second kappa shape index (κ2) is 7.28. The molecule has 1 saturated carbocycles. The molecule has 1 aromatic heterocycles. The number of hydrogen-bond donors (Lipinski definition) is 3. The molecule has 2 atom stereocenters. The molecule has 1 aromatic carbocycles. The Kier molecular flexibility index (Phi) is 5.06. The van der Waals surface area contributed by atoms with Gasteiger partial charge >= 0.3 is 5.97 Å². The third kappa shape index (κ3) is 3.20. The van der Waals surface area contributed by atoms with Crippen LogP contribution in [0.1, 0.15) is 42.1 Å². The fourth-order valence-corrected chi connectivity index (χ4v) is 4.78. The van der Waals surface area contributed by atoms with Gasteiger partial charge < -0.3 is 25.0 Å². The van der Waals surface area contributed by atoms with Gasteiger partial charge in [-0.3, -0.25) is 4.79 Å². The predicted molar refractivity (Wildman–Crippen MR) is 112 cm³/mol. The van der Waals surface area contributed by atoms with Gasteiger partial charge in [0.1, 0.15) is 11.3 Å². The number of benzene rings is 1. The lowest BCUT2D eigenvalue weighted by atomic mass is 9.94. The zero-order chi connectivity index (χ0) is 19.6. The Hall–Kier alpha value is -2.13. The van der Waals surface area contributed by atoms with Crippen LogP contribution in [-0.2, 0) is 0 Å². The SMILES string of the molecule is Br.O=C(O)c1cn(C2CC2)c2c(O)c(N3CC4CCCNC4C3)c(F)cc2c1=O. The molecule has 2 saturated heterocycles. The highest BCUT2D eigenvalue weighted by Gasteiger charge is 2.37. The minimum atomic E-state index is -1.35. The van der Waals surface area contributed by atoms with E-state index in [0.29, 0.717) is 19.0 Å². The number of pyridine rings is 1. The number of aromatic hydroxyl groups is 1. The molecule has 0 bridgehead atoms. The lowest BCUT2D eigenvalue weighted by Crippen LogP contribution is -2.40. The highest BCUT2D eigenvalue weighted by atomic mass is 79.9. The fourth-order valence-electron chi connectivity index (χ4n) is 4.78. The number of rotatable bonds is 3. The van der Waals surface area contributed by atoms with E-state index in [9.17, 15) is 19.8 Å². The summed E-state index contributed by atoms with van der Waals surface area (Å²) in [6.45, 7) is 2.19. The maximum absolute atomic E-state index is 15.1. The number of anilines is 1. The molecule has 1 aliphatic carbocycles. The molecule has 2 aliphatic heterocycles. The lowest BCUT2D eigenvalue weighted by molar-refractivity contribution is 0.0694. The number of halogens is 2. The Morgan fingerprint density at radius 1 is 1.24 bits per heavy atom. The maximum atomic E-state index is 15.1. The molecule has 156 valence electrons. The van der Waals surface area contributed by atoms with Crippen LogP contribution in [0, 0.1) is 11.7 Å². The van der Waals surface area contributed by atoms with Crippen LogP contribution in [0.15, 0.2) is 17.1 Å². The lowest BCUT2D eigenvalue weighted by Gasteiger charge is -2.24. The molecule has 0 amide bonds. The molecule has 9 heteroatoms. The van der Waals surface area contributed by atoms with E-state index in [-0.39, 0.29) is 51.4 Å². The van der Waals surface area contributed by atoms with E-state index in [0.717, 1.165) is 38.3 Å². The fraction of sp³-hybridized carbons (Fsp3) is 0.500. The van der Waals surface area contributed by atoms with E-state index >= 15 is 4.39 Å². The number of aromatic nitrogens is 1. The molecule has 2 unspecified atom stereocenters. The summed E-state index contributed by atoms with van der Waals surface area (Å²) < 4.78 is 16.7. The molecule has 7 nitrogen and oxygen atoms in total. The zero-order valence-corrected chi connectivity index (χ0v) is 17.4. The number of nitrogens with zero attached hydrogens (tertiary/aromatic N) is 2. The van der Waals surface area contributed by atoms with E-state index in [1.54, 1.807) is 4.57 Å². The molecular weight excluding hydrogens is 445 g/mol. The van der Waals surface area contributed by atoms with Crippen molar-refractivity contribution in [2.75, 3.05) is 24.5 Å². The van der Waals surface area contributed by atoms with Crippen molar-refractivity contribution in [1.29, 1.82) is 0 Å². The predicted octanol–water partition coefficient (Wildman–Crippen LogP) is 2.65. The van der Waals surface area contributed by atoms with E-state index in [1.807, 2.05) is 4.90 Å². The second-order valence-corrected chi connectivity index (χ2v) is 8.14. The molecule has 0 radical (unpaired) electrons. The standard InChI is InChI=1S/C20H22FN3O4.BrH/c21-14-6-12-16(24(11-3-4-11)8-13(18(12)25)20(27)28)19(26)17(14)23-7-10-2-1-5-22-15(10)9-23;/h6,8,10-11,15,22,26H,1-5,7,9H2,(H,27,28);1H. The van der Waals surface area contributed by atoms with Crippen LogP contribution in [0.4, 0.5) is 10.1 Å². The van der Waals surface area contributed by atoms with Gasteiger partial charge in [0.2, 0.25) is 5.43 Å². The summed E-state index contributed by atoms with van der Waals surface area (Å²) in [6.07, 6.45) is 5.11. The van der Waals surface area contributed by atoms with E-state index in [1.165, 1.54) is 6.20 Å². The third-order valence-corrected chi connectivity index (χ3v) is 6.30. The van der Waals surface area contributed by atoms with Gasteiger partial charge in [0.15, 0.2) is 11.6 Å². The minimum Gasteiger partial charge on any atom is -0.504 e. The number of carboxylic acid groups (broad SMARTS) is 1. The first kappa shape index (κ1) is 20.2. The van der Waals surface area contributed by atoms with Gasteiger partial charge in [-0.25, -0.2) is 9.18 Å². The average molecular weight is 468 g/mol. The minimum absolute atomic E-state index is 0. The summed E-state index contributed by atoms with van der Waals surface area (Å²) >= 11 is 0. The van der Waals surface area contributed by atoms with Gasteiger partial charge in [0, 0.05) is 31.4 Å². The Labute approximate surface area is 176 Å². The number of fused-ring (bicyclic) bond motifs is 2. The van der Waals surface area contributed by atoms with Crippen molar-refractivity contribution in [3.05, 3.63) is 33.9 Å². The number of phenols is 1. The van der Waals surface area contributed by atoms with Crippen LogP contribution < -0.4 is 15.6 Å². The third-order valence-electron chi connectivity index (χ3n) is 6.30. The van der Waals surface area contributed by atoms with Crippen molar-refractivity contribution in [1.82, 2.24) is 9.88 Å². The van der Waals surface area contributed by atoms with Crippen LogP contribution >= 0.6 is 17.0 Å². The van der Waals surface area contributed by atoms with E-state index in [2.05, 4.69) is 5.32 Å². The first-order valence-corrected chi connectivity index (χ1v) is 9.77. The van der Waals surface area contributed by atoms with E-state index < -0.39 is 22.8 Å². The quantitative estimate of drug-likeness (QED) is 0.642. The molecule has 2 aromatic rings. The number of phenolic OH excluding ortho intramolecular Hbond substituents is 1. The van der Waals surface area contributed by atoms with Crippen LogP contribution in [0.2, 0.25) is 0 Å². The molecule has 0 spiro atoms. The molecule has 3 N–H and O–H groups in total. The maximum Gasteiger partial charge on any atom is 0.341 e. The topological polar surface area (TPSA) is 94.8 Å². The van der Waals surface area contributed by atoms with Crippen molar-refractivity contribution in [3.63, 3.8) is 0 Å². The van der Waals surface area contributed by atoms with Gasteiger partial charge in [0.05, 0.1) is 10.9 Å². The van der Waals surface area contributed by atoms with Crippen LogP contribution in [0.3, 0.4) is 0 Å². The number of nitrogens with one attached hydrogen (secondary N) is 1. The Morgan fingerprint density at radius 3 is 2.66 bits per heavy atom. The first-order chi connectivity index (χ1) is 13.5. The molecule has 3 aliphatic rings. The van der Waals surface area contributed by atoms with Crippen molar-refractivity contribution in [2.24, 2.45) is 5.92 Å². The number of hydrogen-bond acceptors (Lipinski definition) is 5. The summed E-state index contributed by atoms with van der Waals surface area (Å²) in [5.74, 6) is -1.90. The Bertz CT molecular complexity index is 1040. The van der Waals surface area contributed by atoms with Gasteiger partial charge in [0.25, 0.3) is 0 Å². The Balaban J connectivity index is 0.00000205. The number of carboxylic acids is 1. The summed E-state index contributed by atoms with van der Waals surface area (Å²) in [5.41, 5.74) is -0.823. The molecule has 3 heterocycles. The summed E-state index contributed by atoms with van der Waals surface area (Å²) in [5, 5.41) is 23.8. The van der Waals surface area contributed by atoms with Gasteiger partial charge in [-0.15, -0.1) is 17.0 Å². The van der Waals surface area contributed by atoms with E-state index in [4.69, 9.17) is 0 Å². The van der Waals surface area contributed by atoms with Crippen LogP contribution in [-0.4, -0.2) is 46.4 Å². The van der Waals surface area contributed by atoms with Crippen molar-refractivity contribution < 1.29 is 19.4 Å². The number of piperidine rings is 1. The first-order valence-electron chi connectivity index (χ1n) is 9.77. The van der Waals surface area contributed by atoms with Crippen molar-refractivity contribution in [3.8, 4) is 5.75 Å². The van der Waals surface area contributed by atoms with Crippen molar-refractivity contribution in [2.45, 2.75) is 37.8 Å². The number of carbonyl (C=O) groups is 1. The molecule has 5 rings (SSSR count). The normalized spacial score (nSPS) is 23.7. The molecule has 29 heavy (non-hydrogen) atoms. The zero-order valence-electron chi connectivity index (χ0n) is 15.7. The smallest absolute Gasteiger partial charge is 0.341 e. The largest absolute Gasteiger partial charge is 0.504 e. The number of aromatic carboxylic acids is 1. The van der Waals surface area contributed by atoms with Gasteiger partial charge in [-0.2, -0.15) is 0 Å². The van der Waals surface area contributed by atoms with Crippen LogP contribution in [0.25, 0.3) is 10.9 Å².